The van der Waals surface area contributed by atoms with Crippen LogP contribution in [0.2, 0.25) is 0 Å². The first-order valence-corrected chi connectivity index (χ1v) is 10.4. The number of carbonyl (C=O) groups is 1. The smallest absolute Gasteiger partial charge is 0.222 e. The van der Waals surface area contributed by atoms with Crippen molar-refractivity contribution in [2.24, 2.45) is 0 Å². The van der Waals surface area contributed by atoms with Gasteiger partial charge in [-0.3, -0.25) is 19.9 Å². The summed E-state index contributed by atoms with van der Waals surface area (Å²) in [4.78, 5) is 25.1. The SMILES string of the molecule is CN(CC1(O)CCCN(c2ccnc3ccncc23)C1)C(=O)CCCc1cn[nH]c1. The van der Waals surface area contributed by atoms with Crippen molar-refractivity contribution in [2.45, 2.75) is 37.7 Å². The molecule has 158 valence electrons. The van der Waals surface area contributed by atoms with Crippen molar-refractivity contribution < 1.29 is 9.90 Å². The van der Waals surface area contributed by atoms with E-state index < -0.39 is 5.60 Å². The van der Waals surface area contributed by atoms with Crippen LogP contribution in [0.25, 0.3) is 10.9 Å². The van der Waals surface area contributed by atoms with Gasteiger partial charge in [0.25, 0.3) is 0 Å². The third-order valence-electron chi connectivity index (χ3n) is 5.78. The van der Waals surface area contributed by atoms with Crippen LogP contribution >= 0.6 is 0 Å². The number of hydrogen-bond donors (Lipinski definition) is 2. The van der Waals surface area contributed by atoms with E-state index in [0.717, 1.165) is 48.0 Å². The molecular formula is C22H28N6O2. The summed E-state index contributed by atoms with van der Waals surface area (Å²) in [6.07, 6.45) is 12.6. The zero-order chi connectivity index (χ0) is 21.0. The summed E-state index contributed by atoms with van der Waals surface area (Å²) in [5.74, 6) is 0.0580. The molecule has 0 spiro atoms. The molecule has 30 heavy (non-hydrogen) atoms. The number of fused-ring (bicyclic) bond motifs is 1. The van der Waals surface area contributed by atoms with Gasteiger partial charge in [0.15, 0.2) is 0 Å². The number of likely N-dealkylation sites (N-methyl/N-ethyl adjacent to an activating group) is 1. The predicted molar refractivity (Wildman–Crippen MR) is 115 cm³/mol. The Labute approximate surface area is 175 Å². The van der Waals surface area contributed by atoms with Crippen LogP contribution in [0.5, 0.6) is 0 Å². The lowest BCUT2D eigenvalue weighted by atomic mass is 9.91. The molecule has 8 heteroatoms. The Morgan fingerprint density at radius 2 is 2.23 bits per heavy atom. The van der Waals surface area contributed by atoms with Crippen LogP contribution in [-0.4, -0.2) is 68.4 Å². The van der Waals surface area contributed by atoms with E-state index in [1.54, 1.807) is 30.5 Å². The van der Waals surface area contributed by atoms with E-state index in [9.17, 15) is 9.90 Å². The van der Waals surface area contributed by atoms with E-state index in [1.165, 1.54) is 0 Å². The molecule has 8 nitrogen and oxygen atoms in total. The van der Waals surface area contributed by atoms with Crippen LogP contribution < -0.4 is 4.90 Å². The number of nitrogens with zero attached hydrogens (tertiary/aromatic N) is 5. The summed E-state index contributed by atoms with van der Waals surface area (Å²) in [5, 5.41) is 19.0. The van der Waals surface area contributed by atoms with Crippen molar-refractivity contribution in [1.29, 1.82) is 0 Å². The average Bonchev–Trinajstić information content (AvgIpc) is 3.26. The maximum atomic E-state index is 12.6. The predicted octanol–water partition coefficient (Wildman–Crippen LogP) is 2.17. The van der Waals surface area contributed by atoms with Gasteiger partial charge in [-0.05, 0) is 43.4 Å². The Bertz CT molecular complexity index is 987. The molecule has 0 aliphatic carbocycles. The fourth-order valence-corrected chi connectivity index (χ4v) is 4.28. The van der Waals surface area contributed by atoms with Crippen LogP contribution in [0.15, 0.2) is 43.1 Å². The first kappa shape index (κ1) is 20.3. The number of amides is 1. The number of rotatable bonds is 7. The lowest BCUT2D eigenvalue weighted by molar-refractivity contribution is -0.133. The van der Waals surface area contributed by atoms with Crippen LogP contribution in [0.4, 0.5) is 5.69 Å². The van der Waals surface area contributed by atoms with E-state index in [1.807, 2.05) is 24.5 Å². The highest BCUT2D eigenvalue weighted by Gasteiger charge is 2.35. The summed E-state index contributed by atoms with van der Waals surface area (Å²) in [5.41, 5.74) is 2.08. The molecular weight excluding hydrogens is 380 g/mol. The maximum absolute atomic E-state index is 12.6. The van der Waals surface area contributed by atoms with Gasteiger partial charge in [-0.1, -0.05) is 0 Å². The van der Waals surface area contributed by atoms with Gasteiger partial charge in [-0.25, -0.2) is 0 Å². The fourth-order valence-electron chi connectivity index (χ4n) is 4.28. The number of aromatic nitrogens is 4. The highest BCUT2D eigenvalue weighted by atomic mass is 16.3. The van der Waals surface area contributed by atoms with Crippen molar-refractivity contribution >= 4 is 22.5 Å². The number of piperidine rings is 1. The first-order valence-electron chi connectivity index (χ1n) is 10.4. The quantitative estimate of drug-likeness (QED) is 0.622. The fraction of sp³-hybridized carbons (Fsp3) is 0.455. The number of carbonyl (C=O) groups excluding carboxylic acids is 1. The van der Waals surface area contributed by atoms with E-state index in [0.29, 0.717) is 25.9 Å². The number of aliphatic hydroxyl groups is 1. The molecule has 1 saturated heterocycles. The molecule has 1 aliphatic rings. The lowest BCUT2D eigenvalue weighted by Gasteiger charge is -2.42. The minimum Gasteiger partial charge on any atom is -0.386 e. The molecule has 1 amide bonds. The second kappa shape index (κ2) is 8.79. The number of anilines is 1. The average molecular weight is 409 g/mol. The number of H-pyrrole nitrogens is 1. The largest absolute Gasteiger partial charge is 0.386 e. The molecule has 3 aromatic rings. The third kappa shape index (κ3) is 4.59. The van der Waals surface area contributed by atoms with Crippen molar-refractivity contribution in [3.63, 3.8) is 0 Å². The van der Waals surface area contributed by atoms with E-state index in [4.69, 9.17) is 0 Å². The van der Waals surface area contributed by atoms with Crippen molar-refractivity contribution in [3.05, 3.63) is 48.7 Å². The van der Waals surface area contributed by atoms with Gasteiger partial charge in [0, 0.05) is 62.4 Å². The van der Waals surface area contributed by atoms with Crippen LogP contribution in [0.3, 0.4) is 0 Å². The normalized spacial score (nSPS) is 19.2. The molecule has 2 N–H and O–H groups in total. The maximum Gasteiger partial charge on any atom is 0.222 e. The van der Waals surface area contributed by atoms with E-state index >= 15 is 0 Å². The zero-order valence-electron chi connectivity index (χ0n) is 17.3. The number of aromatic amines is 1. The zero-order valence-corrected chi connectivity index (χ0v) is 17.3. The van der Waals surface area contributed by atoms with Crippen molar-refractivity contribution in [3.8, 4) is 0 Å². The summed E-state index contributed by atoms with van der Waals surface area (Å²) in [6.45, 7) is 1.67. The monoisotopic (exact) mass is 408 g/mol. The highest BCUT2D eigenvalue weighted by molar-refractivity contribution is 5.90. The lowest BCUT2D eigenvalue weighted by Crippen LogP contribution is -2.54. The van der Waals surface area contributed by atoms with Gasteiger partial charge >= 0.3 is 0 Å². The molecule has 1 fully saturated rings. The van der Waals surface area contributed by atoms with Gasteiger partial charge in [-0.15, -0.1) is 0 Å². The number of hydrogen-bond acceptors (Lipinski definition) is 6. The van der Waals surface area contributed by atoms with Gasteiger partial charge < -0.3 is 14.9 Å². The topological polar surface area (TPSA) is 98.2 Å². The minimum absolute atomic E-state index is 0.0580. The minimum atomic E-state index is -0.939. The summed E-state index contributed by atoms with van der Waals surface area (Å²) in [6, 6.07) is 3.87. The Kier molecular flexibility index (Phi) is 5.94. The molecule has 4 rings (SSSR count). The summed E-state index contributed by atoms with van der Waals surface area (Å²) in [7, 11) is 1.78. The molecule has 0 aromatic carbocycles. The van der Waals surface area contributed by atoms with E-state index in [2.05, 4.69) is 25.1 Å². The Hall–Kier alpha value is -3.00. The van der Waals surface area contributed by atoms with Gasteiger partial charge in [0.05, 0.1) is 23.9 Å². The Morgan fingerprint density at radius 1 is 1.33 bits per heavy atom. The Balaban J connectivity index is 1.38. The molecule has 0 bridgehead atoms. The molecule has 3 aromatic heterocycles. The van der Waals surface area contributed by atoms with Crippen LogP contribution in [0, 0.1) is 0 Å². The second-order valence-electron chi connectivity index (χ2n) is 8.18. The van der Waals surface area contributed by atoms with Crippen molar-refractivity contribution in [2.75, 3.05) is 31.6 Å². The summed E-state index contributed by atoms with van der Waals surface area (Å²) >= 11 is 0. The highest BCUT2D eigenvalue weighted by Crippen LogP contribution is 2.31. The number of pyridine rings is 2. The first-order chi connectivity index (χ1) is 14.5. The number of aryl methyl sites for hydroxylation is 1. The van der Waals surface area contributed by atoms with Gasteiger partial charge in [0.1, 0.15) is 0 Å². The number of β-amino-alcohol motifs (C(OH)–C–C–N with tert-alkyl or cyclic N) is 1. The molecule has 1 atom stereocenters. The molecule has 4 heterocycles. The molecule has 0 saturated carbocycles. The van der Waals surface area contributed by atoms with Crippen molar-refractivity contribution in [1.82, 2.24) is 25.1 Å². The molecule has 1 aliphatic heterocycles. The van der Waals surface area contributed by atoms with Gasteiger partial charge in [-0.2, -0.15) is 5.10 Å². The van der Waals surface area contributed by atoms with Crippen LogP contribution in [-0.2, 0) is 11.2 Å². The second-order valence-corrected chi connectivity index (χ2v) is 8.18. The van der Waals surface area contributed by atoms with Gasteiger partial charge in [0.2, 0.25) is 5.91 Å². The van der Waals surface area contributed by atoms with Crippen LogP contribution in [0.1, 0.15) is 31.2 Å². The molecule has 1 unspecified atom stereocenters. The third-order valence-corrected chi connectivity index (χ3v) is 5.78. The standard InChI is InChI=1S/C22H28N6O2/c1-27(21(29)5-2-4-17-12-25-26-13-17)15-22(30)8-3-11-28(16-22)20-7-10-24-19-6-9-23-14-18(19)20/h6-7,9-10,12-14,30H,2-5,8,11,15-16H2,1H3,(H,25,26). The Morgan fingerprint density at radius 3 is 3.07 bits per heavy atom. The molecule has 0 radical (unpaired) electrons. The summed E-state index contributed by atoms with van der Waals surface area (Å²) < 4.78 is 0. The number of nitrogens with one attached hydrogen (secondary N) is 1. The van der Waals surface area contributed by atoms with E-state index in [-0.39, 0.29) is 5.91 Å².